The first-order valence-corrected chi connectivity index (χ1v) is 8.51. The third-order valence-corrected chi connectivity index (χ3v) is 4.59. The van der Waals surface area contributed by atoms with E-state index in [1.165, 1.54) is 10.9 Å². The van der Waals surface area contributed by atoms with E-state index in [-0.39, 0.29) is 0 Å². The lowest BCUT2D eigenvalue weighted by molar-refractivity contribution is 1.34. The molecule has 0 radical (unpaired) electrons. The van der Waals surface area contributed by atoms with Crippen LogP contribution in [-0.2, 0) is 0 Å². The first-order valence-electron chi connectivity index (χ1n) is 8.51. The SMILES string of the molecule is Cc1ccc2c(c1)ncc1ncc(C#Cc3ccc4[nH]ccc4c3)cc12. The number of H-pyrrole nitrogens is 1. The van der Waals surface area contributed by atoms with Crippen molar-refractivity contribution in [2.75, 3.05) is 0 Å². The molecule has 0 spiro atoms. The molecule has 0 saturated carbocycles. The Morgan fingerprint density at radius 2 is 1.65 bits per heavy atom. The Morgan fingerprint density at radius 3 is 2.62 bits per heavy atom. The molecule has 3 aromatic heterocycles. The average molecular weight is 333 g/mol. The maximum atomic E-state index is 4.54. The summed E-state index contributed by atoms with van der Waals surface area (Å²) in [4.78, 5) is 12.3. The number of rotatable bonds is 0. The maximum absolute atomic E-state index is 4.54. The fourth-order valence-electron chi connectivity index (χ4n) is 3.24. The van der Waals surface area contributed by atoms with Gasteiger partial charge in [-0.25, -0.2) is 0 Å². The molecule has 0 aliphatic heterocycles. The van der Waals surface area contributed by atoms with Gasteiger partial charge in [-0.15, -0.1) is 0 Å². The van der Waals surface area contributed by atoms with Crippen LogP contribution in [0.25, 0.3) is 32.7 Å². The third kappa shape index (κ3) is 2.49. The van der Waals surface area contributed by atoms with Gasteiger partial charge in [-0.1, -0.05) is 24.0 Å². The van der Waals surface area contributed by atoms with Crippen LogP contribution in [0, 0.1) is 18.8 Å². The molecule has 0 bridgehead atoms. The molecule has 1 N–H and O–H groups in total. The molecule has 0 amide bonds. The normalized spacial score (nSPS) is 11.0. The van der Waals surface area contributed by atoms with Crippen LogP contribution >= 0.6 is 0 Å². The van der Waals surface area contributed by atoms with Gasteiger partial charge < -0.3 is 4.98 Å². The van der Waals surface area contributed by atoms with E-state index in [0.717, 1.165) is 38.4 Å². The molecule has 26 heavy (non-hydrogen) atoms. The van der Waals surface area contributed by atoms with E-state index >= 15 is 0 Å². The number of aryl methyl sites for hydroxylation is 1. The van der Waals surface area contributed by atoms with Gasteiger partial charge in [-0.05, 0) is 48.9 Å². The van der Waals surface area contributed by atoms with Crippen molar-refractivity contribution in [3.8, 4) is 11.8 Å². The van der Waals surface area contributed by atoms with Crippen LogP contribution in [0.5, 0.6) is 0 Å². The van der Waals surface area contributed by atoms with Crippen LogP contribution in [-0.4, -0.2) is 15.0 Å². The van der Waals surface area contributed by atoms with Gasteiger partial charge in [-0.3, -0.25) is 9.97 Å². The van der Waals surface area contributed by atoms with Crippen LogP contribution in [0.15, 0.2) is 67.1 Å². The van der Waals surface area contributed by atoms with Crippen molar-refractivity contribution in [1.82, 2.24) is 15.0 Å². The van der Waals surface area contributed by atoms with Crippen LogP contribution in [0.2, 0.25) is 0 Å². The molecule has 0 unspecified atom stereocenters. The zero-order valence-corrected chi connectivity index (χ0v) is 14.2. The minimum Gasteiger partial charge on any atom is -0.361 e. The predicted octanol–water partition coefficient (Wildman–Crippen LogP) is 4.97. The molecular weight excluding hydrogens is 318 g/mol. The lowest BCUT2D eigenvalue weighted by atomic mass is 10.1. The summed E-state index contributed by atoms with van der Waals surface area (Å²) < 4.78 is 0. The summed E-state index contributed by atoms with van der Waals surface area (Å²) in [6, 6.07) is 16.6. The zero-order valence-electron chi connectivity index (χ0n) is 14.2. The largest absolute Gasteiger partial charge is 0.361 e. The van der Waals surface area contributed by atoms with E-state index in [4.69, 9.17) is 0 Å². The molecule has 0 aliphatic carbocycles. The Kier molecular flexibility index (Phi) is 3.23. The number of aromatic amines is 1. The first kappa shape index (κ1) is 14.7. The van der Waals surface area contributed by atoms with Crippen molar-refractivity contribution in [1.29, 1.82) is 0 Å². The monoisotopic (exact) mass is 333 g/mol. The molecule has 0 fully saturated rings. The lowest BCUT2D eigenvalue weighted by Crippen LogP contribution is -1.87. The van der Waals surface area contributed by atoms with Crippen LogP contribution in [0.1, 0.15) is 16.7 Å². The fraction of sp³-hybridized carbons (Fsp3) is 0.0435. The van der Waals surface area contributed by atoms with Crippen molar-refractivity contribution < 1.29 is 0 Å². The summed E-state index contributed by atoms with van der Waals surface area (Å²) in [6.07, 6.45) is 5.58. The molecule has 0 aliphatic rings. The van der Waals surface area contributed by atoms with Gasteiger partial charge in [-0.2, -0.15) is 0 Å². The van der Waals surface area contributed by atoms with Crippen molar-refractivity contribution >= 4 is 32.7 Å². The number of nitrogens with zero attached hydrogens (tertiary/aromatic N) is 2. The Balaban J connectivity index is 1.62. The number of nitrogens with one attached hydrogen (secondary N) is 1. The van der Waals surface area contributed by atoms with Gasteiger partial charge in [0, 0.05) is 45.2 Å². The van der Waals surface area contributed by atoms with Gasteiger partial charge in [0.2, 0.25) is 0 Å². The van der Waals surface area contributed by atoms with Crippen LogP contribution in [0.4, 0.5) is 0 Å². The van der Waals surface area contributed by atoms with E-state index in [2.05, 4.69) is 76.2 Å². The molecule has 0 atom stereocenters. The minimum absolute atomic E-state index is 0.889. The number of aromatic nitrogens is 3. The minimum atomic E-state index is 0.889. The van der Waals surface area contributed by atoms with E-state index in [1.807, 2.05) is 24.7 Å². The highest BCUT2D eigenvalue weighted by Gasteiger charge is 2.04. The average Bonchev–Trinajstić information content (AvgIpc) is 3.13. The smallest absolute Gasteiger partial charge is 0.0892 e. The Hall–Kier alpha value is -3.64. The molecule has 122 valence electrons. The molecule has 5 rings (SSSR count). The summed E-state index contributed by atoms with van der Waals surface area (Å²) in [7, 11) is 0. The summed E-state index contributed by atoms with van der Waals surface area (Å²) >= 11 is 0. The summed E-state index contributed by atoms with van der Waals surface area (Å²) in [5.74, 6) is 6.49. The second kappa shape index (κ2) is 5.72. The molecule has 3 nitrogen and oxygen atoms in total. The van der Waals surface area contributed by atoms with E-state index in [0.29, 0.717) is 0 Å². The Morgan fingerprint density at radius 1 is 0.769 bits per heavy atom. The number of hydrogen-bond donors (Lipinski definition) is 1. The van der Waals surface area contributed by atoms with Gasteiger partial charge in [0.05, 0.1) is 17.2 Å². The van der Waals surface area contributed by atoms with Crippen molar-refractivity contribution in [2.45, 2.75) is 6.92 Å². The highest BCUT2D eigenvalue weighted by Crippen LogP contribution is 2.23. The molecule has 0 saturated heterocycles. The maximum Gasteiger partial charge on any atom is 0.0892 e. The second-order valence-corrected chi connectivity index (χ2v) is 6.47. The number of pyridine rings is 2. The first-order chi connectivity index (χ1) is 12.8. The second-order valence-electron chi connectivity index (χ2n) is 6.47. The number of benzene rings is 2. The molecule has 3 heterocycles. The van der Waals surface area contributed by atoms with E-state index in [1.54, 1.807) is 0 Å². The molecule has 5 aromatic rings. The Labute approximate surface area is 150 Å². The highest BCUT2D eigenvalue weighted by atomic mass is 14.7. The fourth-order valence-corrected chi connectivity index (χ4v) is 3.24. The van der Waals surface area contributed by atoms with Crippen molar-refractivity contribution in [2.24, 2.45) is 0 Å². The standard InChI is InChI=1S/C23H15N3/c1-15-2-6-19-20-12-17(13-25-23(20)14-26-22(19)10-15)4-3-16-5-7-21-18(11-16)8-9-24-21/h2,5-14,24H,1H3. The topological polar surface area (TPSA) is 41.6 Å². The van der Waals surface area contributed by atoms with Gasteiger partial charge >= 0.3 is 0 Å². The van der Waals surface area contributed by atoms with Gasteiger partial charge in [0.1, 0.15) is 0 Å². The summed E-state index contributed by atoms with van der Waals surface area (Å²) in [6.45, 7) is 2.08. The highest BCUT2D eigenvalue weighted by molar-refractivity contribution is 6.04. The number of hydrogen-bond acceptors (Lipinski definition) is 2. The predicted molar refractivity (Wildman–Crippen MR) is 106 cm³/mol. The summed E-state index contributed by atoms with van der Waals surface area (Å²) in [5, 5.41) is 3.36. The molecule has 2 aromatic carbocycles. The van der Waals surface area contributed by atoms with Crippen molar-refractivity contribution in [3.05, 3.63) is 83.8 Å². The van der Waals surface area contributed by atoms with Crippen molar-refractivity contribution in [3.63, 3.8) is 0 Å². The van der Waals surface area contributed by atoms with Crippen LogP contribution < -0.4 is 0 Å². The zero-order chi connectivity index (χ0) is 17.5. The quantitative estimate of drug-likeness (QED) is 0.321. The Bertz CT molecular complexity index is 1350. The third-order valence-electron chi connectivity index (χ3n) is 4.59. The number of fused-ring (bicyclic) bond motifs is 4. The molecule has 3 heteroatoms. The van der Waals surface area contributed by atoms with Crippen LogP contribution in [0.3, 0.4) is 0 Å². The van der Waals surface area contributed by atoms with E-state index < -0.39 is 0 Å². The van der Waals surface area contributed by atoms with E-state index in [9.17, 15) is 0 Å². The summed E-state index contributed by atoms with van der Waals surface area (Å²) in [5.41, 5.74) is 6.10. The van der Waals surface area contributed by atoms with Gasteiger partial charge in [0.15, 0.2) is 0 Å². The molecular formula is C23H15N3. The van der Waals surface area contributed by atoms with Gasteiger partial charge in [0.25, 0.3) is 0 Å². The lowest BCUT2D eigenvalue weighted by Gasteiger charge is -2.04.